The number of rotatable bonds is 2. The number of carbonyl (C=O) groups excluding carboxylic acids is 2. The smallest absolute Gasteiger partial charge is 0.310 e. The normalized spacial score (nSPS) is 18.4. The number of piperidine rings is 1. The number of halogens is 2. The second-order valence-corrected chi connectivity index (χ2v) is 7.31. The van der Waals surface area contributed by atoms with Crippen molar-refractivity contribution in [1.82, 2.24) is 4.90 Å². The number of amides is 1. The SMILES string of the molecule is COC(=O)C1CCCN(C(=O)c2cc(I)cc(I)c2O)C1. The molecule has 1 aliphatic rings. The molecule has 1 fully saturated rings. The number of carbonyl (C=O) groups is 2. The molecule has 1 N–H and O–H groups in total. The highest BCUT2D eigenvalue weighted by atomic mass is 127. The minimum absolute atomic E-state index is 0.00112. The van der Waals surface area contributed by atoms with Gasteiger partial charge in [-0.05, 0) is 70.2 Å². The molecule has 0 aliphatic carbocycles. The van der Waals surface area contributed by atoms with Gasteiger partial charge in [0.15, 0.2) is 0 Å². The monoisotopic (exact) mass is 515 g/mol. The average Bonchev–Trinajstić information content (AvgIpc) is 2.49. The predicted molar refractivity (Wildman–Crippen MR) is 94.2 cm³/mol. The highest BCUT2D eigenvalue weighted by molar-refractivity contribution is 14.1. The van der Waals surface area contributed by atoms with Crippen molar-refractivity contribution in [2.45, 2.75) is 12.8 Å². The Morgan fingerprint density at radius 2 is 2.10 bits per heavy atom. The summed E-state index contributed by atoms with van der Waals surface area (Å²) in [6.07, 6.45) is 1.49. The van der Waals surface area contributed by atoms with E-state index in [0.717, 1.165) is 16.4 Å². The Morgan fingerprint density at radius 1 is 1.38 bits per heavy atom. The van der Waals surface area contributed by atoms with E-state index in [0.29, 0.717) is 16.7 Å². The van der Waals surface area contributed by atoms with Gasteiger partial charge >= 0.3 is 5.97 Å². The number of nitrogens with zero attached hydrogens (tertiary/aromatic N) is 1. The molecular formula is C14H15I2NO4. The van der Waals surface area contributed by atoms with Crippen molar-refractivity contribution in [3.8, 4) is 5.75 Å². The van der Waals surface area contributed by atoms with Gasteiger partial charge in [-0.2, -0.15) is 0 Å². The zero-order valence-electron chi connectivity index (χ0n) is 11.4. The molecule has 0 spiro atoms. The lowest BCUT2D eigenvalue weighted by atomic mass is 9.97. The fourth-order valence-corrected chi connectivity index (χ4v) is 4.26. The highest BCUT2D eigenvalue weighted by Crippen LogP contribution is 2.29. The number of likely N-dealkylation sites (tertiary alicyclic amines) is 1. The summed E-state index contributed by atoms with van der Waals surface area (Å²) < 4.78 is 6.29. The van der Waals surface area contributed by atoms with E-state index in [2.05, 4.69) is 22.6 Å². The molecule has 1 amide bonds. The first-order valence-corrected chi connectivity index (χ1v) is 8.65. The molecule has 0 aromatic heterocycles. The van der Waals surface area contributed by atoms with Crippen LogP contribution >= 0.6 is 45.2 Å². The topological polar surface area (TPSA) is 66.8 Å². The lowest BCUT2D eigenvalue weighted by molar-refractivity contribution is -0.146. The molecule has 5 nitrogen and oxygen atoms in total. The maximum absolute atomic E-state index is 12.6. The van der Waals surface area contributed by atoms with Gasteiger partial charge < -0.3 is 14.7 Å². The number of hydrogen-bond donors (Lipinski definition) is 1. The van der Waals surface area contributed by atoms with Crippen LogP contribution in [0.15, 0.2) is 12.1 Å². The third-order valence-corrected chi connectivity index (χ3v) is 4.95. The first-order valence-electron chi connectivity index (χ1n) is 6.49. The highest BCUT2D eigenvalue weighted by Gasteiger charge is 2.30. The molecule has 1 aromatic rings. The number of ether oxygens (including phenoxy) is 1. The number of aromatic hydroxyl groups is 1. The van der Waals surface area contributed by atoms with Gasteiger partial charge in [0.25, 0.3) is 5.91 Å². The van der Waals surface area contributed by atoms with E-state index in [1.807, 2.05) is 22.6 Å². The Kier molecular flexibility index (Phi) is 5.69. The largest absolute Gasteiger partial charge is 0.506 e. The predicted octanol–water partition coefficient (Wildman–Crippen LogP) is 2.63. The molecule has 2 rings (SSSR count). The molecule has 21 heavy (non-hydrogen) atoms. The number of esters is 1. The van der Waals surface area contributed by atoms with Gasteiger partial charge in [0, 0.05) is 16.7 Å². The molecule has 1 unspecified atom stereocenters. The van der Waals surface area contributed by atoms with E-state index >= 15 is 0 Å². The lowest BCUT2D eigenvalue weighted by Crippen LogP contribution is -2.42. The summed E-state index contributed by atoms with van der Waals surface area (Å²) in [6.45, 7) is 0.931. The van der Waals surface area contributed by atoms with Crippen molar-refractivity contribution in [2.75, 3.05) is 20.2 Å². The van der Waals surface area contributed by atoms with Crippen molar-refractivity contribution in [2.24, 2.45) is 5.92 Å². The minimum Gasteiger partial charge on any atom is -0.506 e. The van der Waals surface area contributed by atoms with Crippen LogP contribution in [0.5, 0.6) is 5.75 Å². The standard InChI is InChI=1S/C14H15I2NO4/c1-21-14(20)8-3-2-4-17(7-8)13(19)10-5-9(15)6-11(16)12(10)18/h5-6,8,18H,2-4,7H2,1H3. The van der Waals surface area contributed by atoms with Gasteiger partial charge in [-0.3, -0.25) is 9.59 Å². The maximum Gasteiger partial charge on any atom is 0.310 e. The van der Waals surface area contributed by atoms with Crippen LogP contribution in [-0.2, 0) is 9.53 Å². The molecule has 0 saturated carbocycles. The average molecular weight is 515 g/mol. The van der Waals surface area contributed by atoms with Crippen LogP contribution in [0, 0.1) is 13.1 Å². The first-order chi connectivity index (χ1) is 9.93. The number of hydrogen-bond acceptors (Lipinski definition) is 4. The zero-order chi connectivity index (χ0) is 15.6. The second kappa shape index (κ2) is 7.12. The summed E-state index contributed by atoms with van der Waals surface area (Å²) in [4.78, 5) is 25.8. The van der Waals surface area contributed by atoms with Crippen LogP contribution < -0.4 is 0 Å². The zero-order valence-corrected chi connectivity index (χ0v) is 15.8. The Balaban J connectivity index is 2.22. The summed E-state index contributed by atoms with van der Waals surface area (Å²) in [7, 11) is 1.36. The second-order valence-electron chi connectivity index (χ2n) is 4.90. The number of benzene rings is 1. The molecular weight excluding hydrogens is 500 g/mol. The summed E-state index contributed by atoms with van der Waals surface area (Å²) in [5.41, 5.74) is 0.289. The van der Waals surface area contributed by atoms with E-state index in [1.54, 1.807) is 17.0 Å². The third kappa shape index (κ3) is 3.79. The van der Waals surface area contributed by atoms with Gasteiger partial charge in [0.05, 0.1) is 22.2 Å². The fraction of sp³-hybridized carbons (Fsp3) is 0.429. The Hall–Kier alpha value is -0.580. The molecule has 1 saturated heterocycles. The third-order valence-electron chi connectivity index (χ3n) is 3.50. The van der Waals surface area contributed by atoms with E-state index in [9.17, 15) is 14.7 Å². The minimum atomic E-state index is -0.283. The first kappa shape index (κ1) is 16.8. The van der Waals surface area contributed by atoms with Crippen molar-refractivity contribution < 1.29 is 19.4 Å². The van der Waals surface area contributed by atoms with E-state index in [4.69, 9.17) is 4.74 Å². The van der Waals surface area contributed by atoms with Gasteiger partial charge in [-0.25, -0.2) is 0 Å². The van der Waals surface area contributed by atoms with Gasteiger partial charge in [-0.15, -0.1) is 0 Å². The van der Waals surface area contributed by atoms with Crippen LogP contribution in [0.4, 0.5) is 0 Å². The summed E-state index contributed by atoms with van der Waals surface area (Å²) >= 11 is 4.11. The van der Waals surface area contributed by atoms with Crippen LogP contribution in [-0.4, -0.2) is 42.1 Å². The van der Waals surface area contributed by atoms with E-state index < -0.39 is 0 Å². The molecule has 0 bridgehead atoms. The van der Waals surface area contributed by atoms with Crippen molar-refractivity contribution in [1.29, 1.82) is 0 Å². The molecule has 1 atom stereocenters. The lowest BCUT2D eigenvalue weighted by Gasteiger charge is -2.31. The fourth-order valence-electron chi connectivity index (χ4n) is 2.42. The summed E-state index contributed by atoms with van der Waals surface area (Å²) in [5, 5.41) is 10.1. The van der Waals surface area contributed by atoms with E-state index in [-0.39, 0.29) is 29.1 Å². The number of methoxy groups -OCH3 is 1. The molecule has 1 aromatic carbocycles. The summed E-state index contributed by atoms with van der Waals surface area (Å²) in [5.74, 6) is -0.801. The molecule has 114 valence electrons. The van der Waals surface area contributed by atoms with Crippen molar-refractivity contribution >= 4 is 57.1 Å². The Labute approximate surface area is 150 Å². The van der Waals surface area contributed by atoms with Crippen LogP contribution in [0.2, 0.25) is 0 Å². The van der Waals surface area contributed by atoms with Crippen LogP contribution in [0.1, 0.15) is 23.2 Å². The van der Waals surface area contributed by atoms with E-state index in [1.165, 1.54) is 7.11 Å². The number of phenolic OH excluding ortho intramolecular Hbond substituents is 1. The Morgan fingerprint density at radius 3 is 2.76 bits per heavy atom. The van der Waals surface area contributed by atoms with Crippen LogP contribution in [0.3, 0.4) is 0 Å². The number of phenols is 1. The molecule has 0 radical (unpaired) electrons. The molecule has 1 heterocycles. The quantitative estimate of drug-likeness (QED) is 0.487. The van der Waals surface area contributed by atoms with Gasteiger partial charge in [0.1, 0.15) is 5.75 Å². The van der Waals surface area contributed by atoms with Gasteiger partial charge in [-0.1, -0.05) is 0 Å². The van der Waals surface area contributed by atoms with Crippen LogP contribution in [0.25, 0.3) is 0 Å². The Bertz CT molecular complexity index is 576. The molecule has 1 aliphatic heterocycles. The maximum atomic E-state index is 12.6. The summed E-state index contributed by atoms with van der Waals surface area (Å²) in [6, 6.07) is 3.48. The van der Waals surface area contributed by atoms with Gasteiger partial charge in [0.2, 0.25) is 0 Å². The van der Waals surface area contributed by atoms with Crippen molar-refractivity contribution in [3.05, 3.63) is 24.8 Å². The molecule has 7 heteroatoms. The van der Waals surface area contributed by atoms with Crippen molar-refractivity contribution in [3.63, 3.8) is 0 Å².